The first-order chi connectivity index (χ1) is 13.6. The molecule has 3 N–H and O–H groups in total. The predicted octanol–water partition coefficient (Wildman–Crippen LogP) is 1.58. The molecule has 1 heterocycles. The van der Waals surface area contributed by atoms with Crippen LogP contribution in [-0.4, -0.2) is 39.7 Å². The van der Waals surface area contributed by atoms with Crippen LogP contribution in [0.1, 0.15) is 22.1 Å². The van der Waals surface area contributed by atoms with Crippen molar-refractivity contribution in [2.45, 2.75) is 18.9 Å². The zero-order chi connectivity index (χ0) is 19.8. The van der Waals surface area contributed by atoms with Crippen molar-refractivity contribution in [3.63, 3.8) is 0 Å². The number of hydrogen-bond acceptors (Lipinski definition) is 6. The second kappa shape index (κ2) is 9.43. The molecule has 0 fully saturated rings. The molecule has 1 atom stereocenters. The van der Waals surface area contributed by atoms with Gasteiger partial charge >= 0.3 is 11.8 Å². The fraction of sp³-hybridized carbons (Fsp3) is 0.200. The maximum absolute atomic E-state index is 12.3. The number of aliphatic hydroxyl groups is 1. The Morgan fingerprint density at radius 2 is 1.71 bits per heavy atom. The minimum Gasteiger partial charge on any atom is -0.394 e. The van der Waals surface area contributed by atoms with Crippen molar-refractivity contribution in [3.05, 3.63) is 77.9 Å². The largest absolute Gasteiger partial charge is 0.394 e. The lowest BCUT2D eigenvalue weighted by molar-refractivity contribution is -0.115. The number of nitrogens with zero attached hydrogens (tertiary/aromatic N) is 2. The van der Waals surface area contributed by atoms with E-state index in [1.807, 2.05) is 36.4 Å². The second-order valence-corrected chi connectivity index (χ2v) is 6.15. The summed E-state index contributed by atoms with van der Waals surface area (Å²) >= 11 is 0. The Bertz CT molecular complexity index is 912. The molecule has 0 radical (unpaired) electrons. The molecule has 2 aromatic carbocycles. The molecule has 0 aliphatic carbocycles. The number of nitrogens with one attached hydrogen (secondary N) is 2. The summed E-state index contributed by atoms with van der Waals surface area (Å²) < 4.78 is 4.94. The maximum Gasteiger partial charge on any atom is 0.315 e. The van der Waals surface area contributed by atoms with E-state index in [1.165, 1.54) is 0 Å². The van der Waals surface area contributed by atoms with Gasteiger partial charge in [-0.05, 0) is 24.1 Å². The van der Waals surface area contributed by atoms with E-state index in [9.17, 15) is 14.7 Å². The van der Waals surface area contributed by atoms with Gasteiger partial charge in [-0.3, -0.25) is 9.59 Å². The molecule has 8 heteroatoms. The van der Waals surface area contributed by atoms with E-state index < -0.39 is 11.9 Å². The summed E-state index contributed by atoms with van der Waals surface area (Å²) in [7, 11) is 0. The predicted molar refractivity (Wildman–Crippen MR) is 102 cm³/mol. The van der Waals surface area contributed by atoms with Gasteiger partial charge in [-0.2, -0.15) is 4.98 Å². The highest BCUT2D eigenvalue weighted by molar-refractivity contribution is 5.92. The third-order valence-electron chi connectivity index (χ3n) is 3.92. The molecule has 0 unspecified atom stereocenters. The molecule has 0 aliphatic heterocycles. The summed E-state index contributed by atoms with van der Waals surface area (Å²) in [6.07, 6.45) is 0.336. The third kappa shape index (κ3) is 5.49. The smallest absolute Gasteiger partial charge is 0.315 e. The number of benzene rings is 2. The molecular weight excluding hydrogens is 360 g/mol. The summed E-state index contributed by atoms with van der Waals surface area (Å²) in [5, 5.41) is 18.5. The lowest BCUT2D eigenvalue weighted by Gasteiger charge is -2.14. The zero-order valence-corrected chi connectivity index (χ0v) is 15.0. The Hall–Kier alpha value is -3.52. The van der Waals surface area contributed by atoms with Crippen LogP contribution in [0.15, 0.2) is 65.2 Å². The number of carbonyl (C=O) groups excluding carboxylic acids is 2. The standard InChI is InChI=1S/C20H20N4O4/c25-13-16(11-14-7-3-1-4-8-14)22-19(27)20-23-17(24-28-20)12-18(26)21-15-9-5-2-6-10-15/h1-10,16,25H,11-13H2,(H,21,26)(H,22,27)/t16-/m1/s1. The Morgan fingerprint density at radius 1 is 1.04 bits per heavy atom. The average molecular weight is 380 g/mol. The van der Waals surface area contributed by atoms with E-state index >= 15 is 0 Å². The number of hydrogen-bond donors (Lipinski definition) is 3. The minimum absolute atomic E-state index is 0.0992. The highest BCUT2D eigenvalue weighted by Crippen LogP contribution is 2.07. The van der Waals surface area contributed by atoms with Gasteiger partial charge in [0.15, 0.2) is 5.82 Å². The van der Waals surface area contributed by atoms with Crippen LogP contribution in [0.2, 0.25) is 0 Å². The Labute approximate surface area is 161 Å². The van der Waals surface area contributed by atoms with Crippen LogP contribution < -0.4 is 10.6 Å². The van der Waals surface area contributed by atoms with Crippen molar-refractivity contribution >= 4 is 17.5 Å². The third-order valence-corrected chi connectivity index (χ3v) is 3.92. The molecule has 0 saturated heterocycles. The van der Waals surface area contributed by atoms with Gasteiger partial charge in [-0.1, -0.05) is 53.7 Å². The van der Waals surface area contributed by atoms with Crippen LogP contribution >= 0.6 is 0 Å². The first kappa shape index (κ1) is 19.2. The molecule has 28 heavy (non-hydrogen) atoms. The maximum atomic E-state index is 12.3. The Kier molecular flexibility index (Phi) is 6.48. The number of carbonyl (C=O) groups is 2. The number of para-hydroxylation sites is 1. The van der Waals surface area contributed by atoms with Gasteiger partial charge in [0.05, 0.1) is 19.1 Å². The van der Waals surface area contributed by atoms with Gasteiger partial charge < -0.3 is 20.3 Å². The Morgan fingerprint density at radius 3 is 2.39 bits per heavy atom. The van der Waals surface area contributed by atoms with Crippen LogP contribution in [0.4, 0.5) is 5.69 Å². The second-order valence-electron chi connectivity index (χ2n) is 6.15. The summed E-state index contributed by atoms with van der Waals surface area (Å²) in [6.45, 7) is -0.235. The number of aromatic nitrogens is 2. The van der Waals surface area contributed by atoms with Gasteiger partial charge in [0.2, 0.25) is 5.91 Å². The highest BCUT2D eigenvalue weighted by Gasteiger charge is 2.20. The molecule has 2 amide bonds. The molecule has 1 aromatic heterocycles. The molecular formula is C20H20N4O4. The van der Waals surface area contributed by atoms with Crippen molar-refractivity contribution in [2.24, 2.45) is 0 Å². The van der Waals surface area contributed by atoms with Crippen molar-refractivity contribution in [1.82, 2.24) is 15.5 Å². The summed E-state index contributed by atoms with van der Waals surface area (Å²) in [5.41, 5.74) is 1.63. The van der Waals surface area contributed by atoms with E-state index in [2.05, 4.69) is 20.8 Å². The summed E-state index contributed by atoms with van der Waals surface area (Å²) in [4.78, 5) is 28.3. The highest BCUT2D eigenvalue weighted by atomic mass is 16.5. The van der Waals surface area contributed by atoms with Crippen LogP contribution in [-0.2, 0) is 17.6 Å². The Balaban J connectivity index is 1.55. The first-order valence-electron chi connectivity index (χ1n) is 8.77. The molecule has 0 bridgehead atoms. The van der Waals surface area contributed by atoms with E-state index in [-0.39, 0.29) is 30.7 Å². The zero-order valence-electron chi connectivity index (χ0n) is 15.0. The van der Waals surface area contributed by atoms with Gasteiger partial charge in [0, 0.05) is 5.69 Å². The number of amides is 2. The normalized spacial score (nSPS) is 11.6. The monoisotopic (exact) mass is 380 g/mol. The van der Waals surface area contributed by atoms with Crippen molar-refractivity contribution < 1.29 is 19.2 Å². The van der Waals surface area contributed by atoms with Crippen LogP contribution in [0.25, 0.3) is 0 Å². The van der Waals surface area contributed by atoms with E-state index in [1.54, 1.807) is 24.3 Å². The molecule has 144 valence electrons. The molecule has 8 nitrogen and oxygen atoms in total. The van der Waals surface area contributed by atoms with Gasteiger partial charge in [-0.25, -0.2) is 0 Å². The van der Waals surface area contributed by atoms with Gasteiger partial charge in [0.25, 0.3) is 0 Å². The molecule has 0 aliphatic rings. The fourth-order valence-corrected chi connectivity index (χ4v) is 2.60. The quantitative estimate of drug-likeness (QED) is 0.546. The molecule has 0 spiro atoms. The number of aliphatic hydroxyl groups excluding tert-OH is 1. The summed E-state index contributed by atoms with van der Waals surface area (Å²) in [5.74, 6) is -1.08. The molecule has 3 aromatic rings. The van der Waals surface area contributed by atoms with E-state index in [4.69, 9.17) is 4.52 Å². The van der Waals surface area contributed by atoms with Crippen molar-refractivity contribution in [3.8, 4) is 0 Å². The van der Waals surface area contributed by atoms with Crippen molar-refractivity contribution in [1.29, 1.82) is 0 Å². The first-order valence-corrected chi connectivity index (χ1v) is 8.77. The van der Waals surface area contributed by atoms with Gasteiger partial charge in [-0.15, -0.1) is 0 Å². The van der Waals surface area contributed by atoms with Gasteiger partial charge in [0.1, 0.15) is 0 Å². The topological polar surface area (TPSA) is 117 Å². The van der Waals surface area contributed by atoms with Crippen LogP contribution in [0.5, 0.6) is 0 Å². The van der Waals surface area contributed by atoms with Crippen molar-refractivity contribution in [2.75, 3.05) is 11.9 Å². The fourth-order valence-electron chi connectivity index (χ4n) is 2.60. The lowest BCUT2D eigenvalue weighted by Crippen LogP contribution is -2.39. The minimum atomic E-state index is -0.600. The SMILES string of the molecule is O=C(Cc1noc(C(=O)N[C@@H](CO)Cc2ccccc2)n1)Nc1ccccc1. The van der Waals surface area contributed by atoms with E-state index in [0.717, 1.165) is 5.56 Å². The number of anilines is 1. The van der Waals surface area contributed by atoms with Crippen LogP contribution in [0, 0.1) is 0 Å². The molecule has 0 saturated carbocycles. The average Bonchev–Trinajstić information content (AvgIpc) is 3.17. The molecule has 3 rings (SSSR count). The van der Waals surface area contributed by atoms with Crippen LogP contribution in [0.3, 0.4) is 0 Å². The van der Waals surface area contributed by atoms with E-state index in [0.29, 0.717) is 12.1 Å². The lowest BCUT2D eigenvalue weighted by atomic mass is 10.1. The summed E-state index contributed by atoms with van der Waals surface area (Å²) in [6, 6.07) is 18.0. The number of rotatable bonds is 8.